The molecule has 0 saturated carbocycles. The Labute approximate surface area is 92.5 Å². The fourth-order valence-corrected chi connectivity index (χ4v) is 0.276. The SMILES string of the molecule is NC(C(=O)[O-])C(O)C(=O)[O-].[Li+].[Li+]. The Morgan fingerprint density at radius 3 is 1.58 bits per heavy atom. The van der Waals surface area contributed by atoms with E-state index >= 15 is 0 Å². The molecule has 6 nitrogen and oxygen atoms in total. The number of carboxylic acid groups (broad SMARTS) is 2. The number of hydrogen-bond acceptors (Lipinski definition) is 6. The number of carboxylic acids is 2. The van der Waals surface area contributed by atoms with Crippen LogP contribution in [0.1, 0.15) is 0 Å². The maximum absolute atomic E-state index is 9.76. The summed E-state index contributed by atoms with van der Waals surface area (Å²) in [4.78, 5) is 19.5. The van der Waals surface area contributed by atoms with Crippen molar-refractivity contribution in [3.63, 3.8) is 0 Å². The van der Waals surface area contributed by atoms with E-state index in [1.807, 2.05) is 0 Å². The summed E-state index contributed by atoms with van der Waals surface area (Å²) < 4.78 is 0. The van der Waals surface area contributed by atoms with Crippen molar-refractivity contribution in [2.24, 2.45) is 5.73 Å². The molecule has 0 bridgehead atoms. The minimum absolute atomic E-state index is 0. The minimum atomic E-state index is -2.22. The summed E-state index contributed by atoms with van der Waals surface area (Å²) in [5.41, 5.74) is 4.63. The second-order valence-electron chi connectivity index (χ2n) is 1.61. The van der Waals surface area contributed by atoms with Gasteiger partial charge >= 0.3 is 37.7 Å². The zero-order valence-corrected chi connectivity index (χ0v) is 6.81. The maximum Gasteiger partial charge on any atom is 1.00 e. The van der Waals surface area contributed by atoms with Crippen LogP contribution in [0, 0.1) is 0 Å². The van der Waals surface area contributed by atoms with Crippen molar-refractivity contribution < 1.29 is 62.6 Å². The first kappa shape index (κ1) is 18.0. The van der Waals surface area contributed by atoms with Crippen molar-refractivity contribution in [1.82, 2.24) is 0 Å². The molecule has 0 amide bonds. The molecule has 0 aliphatic rings. The summed E-state index contributed by atoms with van der Waals surface area (Å²) in [7, 11) is 0. The molecule has 0 aromatic carbocycles. The van der Waals surface area contributed by atoms with Gasteiger partial charge in [-0.25, -0.2) is 0 Å². The molecule has 0 aromatic heterocycles. The molecule has 0 saturated heterocycles. The summed E-state index contributed by atoms with van der Waals surface area (Å²) in [6.07, 6.45) is -2.22. The van der Waals surface area contributed by atoms with Crippen LogP contribution in [0.5, 0.6) is 0 Å². The summed E-state index contributed by atoms with van der Waals surface area (Å²) in [6, 6.07) is -1.94. The fraction of sp³-hybridized carbons (Fsp3) is 0.500. The Balaban J connectivity index is -0.000000405. The normalized spacial score (nSPS) is 13.2. The van der Waals surface area contributed by atoms with Gasteiger partial charge in [-0.15, -0.1) is 0 Å². The standard InChI is InChI=1S/C4H7NO5.2Li/c5-1(3(7)8)2(6)4(9)10;;/h1-2,6H,5H2,(H,7,8)(H,9,10);;/q;2*+1/p-2. The van der Waals surface area contributed by atoms with Crippen LogP contribution in [-0.2, 0) is 9.59 Å². The van der Waals surface area contributed by atoms with Crippen LogP contribution < -0.4 is 53.7 Å². The maximum atomic E-state index is 9.76. The summed E-state index contributed by atoms with van der Waals surface area (Å²) in [5, 5.41) is 27.8. The first-order chi connectivity index (χ1) is 4.46. The topological polar surface area (TPSA) is 127 Å². The van der Waals surface area contributed by atoms with Crippen molar-refractivity contribution in [3.8, 4) is 0 Å². The molecule has 2 unspecified atom stereocenters. The van der Waals surface area contributed by atoms with Crippen molar-refractivity contribution >= 4 is 11.9 Å². The average molecular weight is 161 g/mol. The van der Waals surface area contributed by atoms with Gasteiger partial charge < -0.3 is 30.6 Å². The van der Waals surface area contributed by atoms with Gasteiger partial charge in [0, 0.05) is 0 Å². The third kappa shape index (κ3) is 5.67. The van der Waals surface area contributed by atoms with Crippen molar-refractivity contribution in [2.45, 2.75) is 12.1 Å². The van der Waals surface area contributed by atoms with E-state index in [-0.39, 0.29) is 37.7 Å². The van der Waals surface area contributed by atoms with E-state index in [9.17, 15) is 19.8 Å². The molecular weight excluding hydrogens is 156 g/mol. The molecule has 0 spiro atoms. The predicted molar refractivity (Wildman–Crippen MR) is 24.0 cm³/mol. The molecule has 12 heavy (non-hydrogen) atoms. The van der Waals surface area contributed by atoms with Crippen molar-refractivity contribution in [1.29, 1.82) is 0 Å². The van der Waals surface area contributed by atoms with Crippen LogP contribution in [0.25, 0.3) is 0 Å². The van der Waals surface area contributed by atoms with Crippen molar-refractivity contribution in [2.75, 3.05) is 0 Å². The van der Waals surface area contributed by atoms with E-state index in [0.29, 0.717) is 0 Å². The number of rotatable bonds is 3. The monoisotopic (exact) mass is 161 g/mol. The number of aliphatic hydroxyl groups is 1. The van der Waals surface area contributed by atoms with E-state index in [1.54, 1.807) is 0 Å². The minimum Gasteiger partial charge on any atom is -0.548 e. The molecule has 58 valence electrons. The first-order valence-corrected chi connectivity index (χ1v) is 2.32. The molecule has 0 aliphatic carbocycles. The Bertz CT molecular complexity index is 146. The zero-order valence-electron chi connectivity index (χ0n) is 6.81. The fourth-order valence-electron chi connectivity index (χ4n) is 0.276. The van der Waals surface area contributed by atoms with E-state index in [2.05, 4.69) is 5.73 Å². The van der Waals surface area contributed by atoms with E-state index in [4.69, 9.17) is 5.11 Å². The van der Waals surface area contributed by atoms with Gasteiger partial charge in [-0.3, -0.25) is 0 Å². The Morgan fingerprint density at radius 1 is 1.17 bits per heavy atom. The number of carbonyl (C=O) groups excluding carboxylic acids is 2. The van der Waals surface area contributed by atoms with Gasteiger partial charge in [0.05, 0.1) is 18.0 Å². The van der Waals surface area contributed by atoms with Gasteiger partial charge in [0.25, 0.3) is 0 Å². The Morgan fingerprint density at radius 2 is 1.50 bits per heavy atom. The van der Waals surface area contributed by atoms with Gasteiger partial charge in [-0.1, -0.05) is 0 Å². The second kappa shape index (κ2) is 7.69. The number of hydrogen-bond donors (Lipinski definition) is 2. The van der Waals surface area contributed by atoms with Gasteiger partial charge in [-0.05, 0) is 0 Å². The third-order valence-corrected chi connectivity index (χ3v) is 0.854. The smallest absolute Gasteiger partial charge is 0.548 e. The van der Waals surface area contributed by atoms with Crippen LogP contribution in [-0.4, -0.2) is 29.2 Å². The Kier molecular flexibility index (Phi) is 11.5. The first-order valence-electron chi connectivity index (χ1n) is 2.32. The molecule has 2 atom stereocenters. The Hall–Kier alpha value is 0.0548. The second-order valence-corrected chi connectivity index (χ2v) is 1.61. The molecule has 8 heteroatoms. The molecule has 0 fully saturated rings. The molecule has 3 N–H and O–H groups in total. The average Bonchev–Trinajstić information content (AvgIpc) is 1.84. The zero-order chi connectivity index (χ0) is 8.31. The van der Waals surface area contributed by atoms with Gasteiger partial charge in [0.2, 0.25) is 0 Å². The van der Waals surface area contributed by atoms with Gasteiger partial charge in [-0.2, -0.15) is 0 Å². The number of nitrogens with two attached hydrogens (primary N) is 1. The summed E-state index contributed by atoms with van der Waals surface area (Å²) >= 11 is 0. The van der Waals surface area contributed by atoms with Gasteiger partial charge in [0.15, 0.2) is 0 Å². The number of aliphatic hydroxyl groups excluding tert-OH is 1. The van der Waals surface area contributed by atoms with Crippen LogP contribution in [0.2, 0.25) is 0 Å². The third-order valence-electron chi connectivity index (χ3n) is 0.854. The largest absolute Gasteiger partial charge is 1.00 e. The molecule has 0 aromatic rings. The molecule has 0 aliphatic heterocycles. The number of carbonyl (C=O) groups is 2. The summed E-state index contributed by atoms with van der Waals surface area (Å²) in [6.45, 7) is 0. The van der Waals surface area contributed by atoms with Crippen molar-refractivity contribution in [3.05, 3.63) is 0 Å². The van der Waals surface area contributed by atoms with Crippen LogP contribution in [0.15, 0.2) is 0 Å². The molecule has 0 rings (SSSR count). The van der Waals surface area contributed by atoms with E-state index in [1.165, 1.54) is 0 Å². The molecular formula is C4H5Li2NO5. The summed E-state index contributed by atoms with van der Waals surface area (Å²) in [5.74, 6) is -3.77. The van der Waals surface area contributed by atoms with E-state index < -0.39 is 24.1 Å². The molecule has 0 heterocycles. The van der Waals surface area contributed by atoms with Crippen LogP contribution in [0.4, 0.5) is 0 Å². The van der Waals surface area contributed by atoms with Crippen LogP contribution in [0.3, 0.4) is 0 Å². The van der Waals surface area contributed by atoms with E-state index in [0.717, 1.165) is 0 Å². The number of aliphatic carboxylic acids is 2. The predicted octanol–water partition coefficient (Wildman–Crippen LogP) is -10.8. The van der Waals surface area contributed by atoms with Crippen LogP contribution >= 0.6 is 0 Å². The van der Waals surface area contributed by atoms with Gasteiger partial charge in [0.1, 0.15) is 6.10 Å². The quantitative estimate of drug-likeness (QED) is 0.395. The molecule has 0 radical (unpaired) electrons.